The SMILES string of the molecule is O=C(Cn1ncc(Cl)c(Cl)c1=O)NCc1ccc(-c2ccc(Cl)cc2)o1. The Hall–Kier alpha value is -2.28. The molecular weight excluding hydrogens is 401 g/mol. The monoisotopic (exact) mass is 411 g/mol. The van der Waals surface area contributed by atoms with Crippen LogP contribution in [-0.2, 0) is 17.9 Å². The van der Waals surface area contributed by atoms with Gasteiger partial charge >= 0.3 is 0 Å². The van der Waals surface area contributed by atoms with Gasteiger partial charge in [0.25, 0.3) is 5.56 Å². The highest BCUT2D eigenvalue weighted by Gasteiger charge is 2.11. The molecule has 2 heterocycles. The molecule has 0 bridgehead atoms. The number of hydrogen-bond acceptors (Lipinski definition) is 4. The number of hydrogen-bond donors (Lipinski definition) is 1. The van der Waals surface area contributed by atoms with E-state index >= 15 is 0 Å². The summed E-state index contributed by atoms with van der Waals surface area (Å²) in [5.41, 5.74) is 0.246. The van der Waals surface area contributed by atoms with Crippen molar-refractivity contribution in [2.45, 2.75) is 13.1 Å². The molecule has 0 saturated heterocycles. The van der Waals surface area contributed by atoms with Crippen molar-refractivity contribution in [3.05, 3.63) is 73.8 Å². The molecule has 3 rings (SSSR count). The second-order valence-electron chi connectivity index (χ2n) is 5.32. The lowest BCUT2D eigenvalue weighted by Crippen LogP contribution is -2.33. The highest BCUT2D eigenvalue weighted by atomic mass is 35.5. The van der Waals surface area contributed by atoms with Crippen molar-refractivity contribution in [3.8, 4) is 11.3 Å². The maximum absolute atomic E-state index is 12.0. The maximum Gasteiger partial charge on any atom is 0.287 e. The molecule has 9 heteroatoms. The molecule has 134 valence electrons. The number of carbonyl (C=O) groups is 1. The number of aromatic nitrogens is 2. The van der Waals surface area contributed by atoms with E-state index in [0.29, 0.717) is 16.5 Å². The zero-order valence-corrected chi connectivity index (χ0v) is 15.5. The van der Waals surface area contributed by atoms with Crippen molar-refractivity contribution in [1.82, 2.24) is 15.1 Å². The fraction of sp³-hybridized carbons (Fsp3) is 0.118. The summed E-state index contributed by atoms with van der Waals surface area (Å²) in [5, 5.41) is 6.94. The zero-order chi connectivity index (χ0) is 18.7. The quantitative estimate of drug-likeness (QED) is 0.692. The van der Waals surface area contributed by atoms with Gasteiger partial charge < -0.3 is 9.73 Å². The summed E-state index contributed by atoms with van der Waals surface area (Å²) >= 11 is 17.3. The van der Waals surface area contributed by atoms with Crippen LogP contribution in [0.25, 0.3) is 11.3 Å². The van der Waals surface area contributed by atoms with Gasteiger partial charge in [0.15, 0.2) is 0 Å². The standard InChI is InChI=1S/C17H12Cl3N3O3/c18-11-3-1-10(2-4-11)14-6-5-12(26-14)7-21-15(24)9-23-17(25)16(20)13(19)8-22-23/h1-6,8H,7,9H2,(H,21,24). The van der Waals surface area contributed by atoms with Gasteiger partial charge in [-0.2, -0.15) is 5.10 Å². The molecule has 0 spiro atoms. The van der Waals surface area contributed by atoms with Crippen molar-refractivity contribution in [3.63, 3.8) is 0 Å². The van der Waals surface area contributed by atoms with Gasteiger partial charge in [-0.15, -0.1) is 0 Å². The van der Waals surface area contributed by atoms with Crippen LogP contribution in [0, 0.1) is 0 Å². The summed E-state index contributed by atoms with van der Waals surface area (Å²) in [6, 6.07) is 10.8. The summed E-state index contributed by atoms with van der Waals surface area (Å²) in [6.07, 6.45) is 1.21. The number of amides is 1. The Morgan fingerprint density at radius 2 is 1.85 bits per heavy atom. The Balaban J connectivity index is 1.61. The summed E-state index contributed by atoms with van der Waals surface area (Å²) in [6.45, 7) is -0.108. The van der Waals surface area contributed by atoms with Gasteiger partial charge in [0.1, 0.15) is 23.1 Å². The number of benzene rings is 1. The van der Waals surface area contributed by atoms with Gasteiger partial charge in [-0.3, -0.25) is 9.59 Å². The van der Waals surface area contributed by atoms with E-state index in [-0.39, 0.29) is 23.1 Å². The van der Waals surface area contributed by atoms with Gasteiger partial charge in [-0.25, -0.2) is 4.68 Å². The fourth-order valence-corrected chi connectivity index (χ4v) is 2.57. The van der Waals surface area contributed by atoms with Crippen molar-refractivity contribution >= 4 is 40.7 Å². The highest BCUT2D eigenvalue weighted by Crippen LogP contribution is 2.23. The average molecular weight is 413 g/mol. The second kappa shape index (κ2) is 7.95. The van der Waals surface area contributed by atoms with Gasteiger partial charge in [-0.05, 0) is 36.4 Å². The minimum absolute atomic E-state index is 0.0404. The summed E-state index contributed by atoms with van der Waals surface area (Å²) < 4.78 is 6.62. The van der Waals surface area contributed by atoms with Crippen LogP contribution < -0.4 is 10.9 Å². The molecule has 3 aromatic rings. The van der Waals surface area contributed by atoms with Crippen molar-refractivity contribution in [1.29, 1.82) is 0 Å². The van der Waals surface area contributed by atoms with E-state index in [2.05, 4.69) is 10.4 Å². The topological polar surface area (TPSA) is 77.1 Å². The predicted octanol–water partition coefficient (Wildman–Crippen LogP) is 3.78. The van der Waals surface area contributed by atoms with Crippen LogP contribution in [0.2, 0.25) is 15.1 Å². The summed E-state index contributed by atoms with van der Waals surface area (Å²) in [7, 11) is 0. The van der Waals surface area contributed by atoms with Crippen molar-refractivity contribution in [2.75, 3.05) is 0 Å². The first-order valence-corrected chi connectivity index (χ1v) is 8.60. The Bertz CT molecular complexity index is 996. The van der Waals surface area contributed by atoms with Crippen LogP contribution in [-0.4, -0.2) is 15.7 Å². The van der Waals surface area contributed by atoms with Crippen LogP contribution in [0.4, 0.5) is 0 Å². The molecule has 0 aliphatic rings. The smallest absolute Gasteiger partial charge is 0.287 e. The number of halogens is 3. The molecule has 0 unspecified atom stereocenters. The fourth-order valence-electron chi connectivity index (χ4n) is 2.18. The molecule has 2 aromatic heterocycles. The van der Waals surface area contributed by atoms with Gasteiger partial charge in [0.05, 0.1) is 17.8 Å². The lowest BCUT2D eigenvalue weighted by Gasteiger charge is -2.06. The number of rotatable bonds is 5. The molecule has 26 heavy (non-hydrogen) atoms. The Morgan fingerprint density at radius 1 is 1.12 bits per heavy atom. The minimum Gasteiger partial charge on any atom is -0.459 e. The number of nitrogens with one attached hydrogen (secondary N) is 1. The molecule has 0 saturated carbocycles. The third kappa shape index (κ3) is 4.27. The second-order valence-corrected chi connectivity index (χ2v) is 6.54. The molecule has 0 atom stereocenters. The van der Waals surface area contributed by atoms with Gasteiger partial charge in [0.2, 0.25) is 5.91 Å². The van der Waals surface area contributed by atoms with Crippen molar-refractivity contribution in [2.24, 2.45) is 0 Å². The molecule has 0 radical (unpaired) electrons. The van der Waals surface area contributed by atoms with Crippen LogP contribution >= 0.6 is 34.8 Å². The summed E-state index contributed by atoms with van der Waals surface area (Å²) in [4.78, 5) is 23.9. The molecule has 0 aliphatic heterocycles. The Kier molecular flexibility index (Phi) is 5.66. The van der Waals surface area contributed by atoms with E-state index < -0.39 is 11.5 Å². The van der Waals surface area contributed by atoms with Gasteiger partial charge in [-0.1, -0.05) is 34.8 Å². The molecule has 1 aromatic carbocycles. The zero-order valence-electron chi connectivity index (χ0n) is 13.2. The maximum atomic E-state index is 12.0. The predicted molar refractivity (Wildman–Crippen MR) is 99.5 cm³/mol. The van der Waals surface area contributed by atoms with Crippen LogP contribution in [0.5, 0.6) is 0 Å². The Labute approximate surface area is 163 Å². The molecule has 0 aliphatic carbocycles. The van der Waals surface area contributed by atoms with Crippen LogP contribution in [0.1, 0.15) is 5.76 Å². The number of furan rings is 1. The number of nitrogens with zero attached hydrogens (tertiary/aromatic N) is 2. The molecule has 1 N–H and O–H groups in total. The van der Waals surface area contributed by atoms with Gasteiger partial charge in [0, 0.05) is 10.6 Å². The first-order chi connectivity index (χ1) is 12.4. The van der Waals surface area contributed by atoms with Crippen LogP contribution in [0.3, 0.4) is 0 Å². The number of carbonyl (C=O) groups excluding carboxylic acids is 1. The Morgan fingerprint density at radius 3 is 2.58 bits per heavy atom. The van der Waals surface area contributed by atoms with E-state index in [1.165, 1.54) is 6.20 Å². The lowest BCUT2D eigenvalue weighted by atomic mass is 10.2. The summed E-state index contributed by atoms with van der Waals surface area (Å²) in [5.74, 6) is 0.813. The highest BCUT2D eigenvalue weighted by molar-refractivity contribution is 6.41. The minimum atomic E-state index is -0.627. The lowest BCUT2D eigenvalue weighted by molar-refractivity contribution is -0.122. The third-order valence-corrected chi connectivity index (χ3v) is 4.49. The van der Waals surface area contributed by atoms with E-state index in [9.17, 15) is 9.59 Å². The largest absolute Gasteiger partial charge is 0.459 e. The first-order valence-electron chi connectivity index (χ1n) is 7.46. The molecular formula is C17H12Cl3N3O3. The van der Waals surface area contributed by atoms with E-state index in [4.69, 9.17) is 39.2 Å². The van der Waals surface area contributed by atoms with Crippen molar-refractivity contribution < 1.29 is 9.21 Å². The molecule has 0 fully saturated rings. The molecule has 1 amide bonds. The third-order valence-electron chi connectivity index (χ3n) is 3.49. The van der Waals surface area contributed by atoms with E-state index in [1.54, 1.807) is 24.3 Å². The average Bonchev–Trinajstić information content (AvgIpc) is 3.10. The molecule has 6 nitrogen and oxygen atoms in total. The van der Waals surface area contributed by atoms with E-state index in [0.717, 1.165) is 10.2 Å². The van der Waals surface area contributed by atoms with Crippen LogP contribution in [0.15, 0.2) is 51.8 Å². The first kappa shape index (κ1) is 18.5. The normalized spacial score (nSPS) is 10.7. The van der Waals surface area contributed by atoms with E-state index in [1.807, 2.05) is 12.1 Å².